The minimum atomic E-state index is -4.37. The molecule has 2 aromatic carbocycles. The molecule has 0 amide bonds. The van der Waals surface area contributed by atoms with Crippen molar-refractivity contribution in [2.75, 3.05) is 23.7 Å². The molecule has 0 saturated carbocycles. The number of anilines is 2. The molecule has 132 valence electrons. The molecule has 6 heteroatoms. The van der Waals surface area contributed by atoms with Crippen molar-refractivity contribution < 1.29 is 13.2 Å². The highest BCUT2D eigenvalue weighted by Gasteiger charge is 2.42. The van der Waals surface area contributed by atoms with Crippen molar-refractivity contribution in [3.63, 3.8) is 0 Å². The third-order valence-corrected chi connectivity index (χ3v) is 5.02. The fourth-order valence-corrected chi connectivity index (χ4v) is 3.79. The van der Waals surface area contributed by atoms with Gasteiger partial charge in [0.15, 0.2) is 0 Å². The van der Waals surface area contributed by atoms with E-state index in [0.717, 1.165) is 24.1 Å². The second-order valence-corrected chi connectivity index (χ2v) is 6.68. The molecule has 3 N–H and O–H groups in total. The summed E-state index contributed by atoms with van der Waals surface area (Å²) in [4.78, 5) is 0. The minimum absolute atomic E-state index is 0.0849. The number of rotatable bonds is 3. The van der Waals surface area contributed by atoms with Crippen molar-refractivity contribution in [2.45, 2.75) is 31.1 Å². The van der Waals surface area contributed by atoms with Crippen LogP contribution in [0.25, 0.3) is 0 Å². The van der Waals surface area contributed by atoms with Crippen LogP contribution in [-0.2, 0) is 12.7 Å². The van der Waals surface area contributed by atoms with Gasteiger partial charge in [-0.3, -0.25) is 0 Å². The van der Waals surface area contributed by atoms with Gasteiger partial charge in [0.2, 0.25) is 0 Å². The average Bonchev–Trinajstić information content (AvgIpc) is 2.98. The SMILES string of the molecule is FC(F)(F)c1cc(NCc2ccccc2)cc2c1N[C@H]1CCNC[C@@H]21. The molecule has 3 nitrogen and oxygen atoms in total. The predicted octanol–water partition coefficient (Wildman–Crippen LogP) is 4.19. The van der Waals surface area contributed by atoms with Crippen molar-refractivity contribution in [1.29, 1.82) is 0 Å². The molecule has 0 aromatic heterocycles. The zero-order valence-corrected chi connectivity index (χ0v) is 13.7. The van der Waals surface area contributed by atoms with Gasteiger partial charge in [0, 0.05) is 30.7 Å². The summed E-state index contributed by atoms with van der Waals surface area (Å²) in [6, 6.07) is 12.8. The molecule has 2 aliphatic rings. The maximum absolute atomic E-state index is 13.6. The molecular weight excluding hydrogens is 327 g/mol. The van der Waals surface area contributed by atoms with E-state index in [1.165, 1.54) is 6.07 Å². The molecule has 25 heavy (non-hydrogen) atoms. The minimum Gasteiger partial charge on any atom is -0.381 e. The van der Waals surface area contributed by atoms with Crippen LogP contribution in [0.2, 0.25) is 0 Å². The number of halogens is 3. The second-order valence-electron chi connectivity index (χ2n) is 6.68. The lowest BCUT2D eigenvalue weighted by molar-refractivity contribution is -0.136. The number of benzene rings is 2. The Morgan fingerprint density at radius 3 is 2.68 bits per heavy atom. The van der Waals surface area contributed by atoms with Gasteiger partial charge >= 0.3 is 6.18 Å². The molecule has 1 saturated heterocycles. The number of nitrogens with one attached hydrogen (secondary N) is 3. The van der Waals surface area contributed by atoms with Gasteiger partial charge in [-0.2, -0.15) is 13.2 Å². The summed E-state index contributed by atoms with van der Waals surface area (Å²) in [6.07, 6.45) is -3.54. The Bertz CT molecular complexity index is 758. The lowest BCUT2D eigenvalue weighted by Gasteiger charge is -2.26. The smallest absolute Gasteiger partial charge is 0.381 e. The van der Waals surface area contributed by atoms with Crippen LogP contribution in [0.5, 0.6) is 0 Å². The van der Waals surface area contributed by atoms with Crippen molar-refractivity contribution in [3.05, 3.63) is 59.2 Å². The number of hydrogen-bond donors (Lipinski definition) is 3. The molecule has 0 aliphatic carbocycles. The van der Waals surface area contributed by atoms with Crippen LogP contribution < -0.4 is 16.0 Å². The molecule has 0 unspecified atom stereocenters. The van der Waals surface area contributed by atoms with Crippen LogP contribution in [0.1, 0.15) is 29.0 Å². The van der Waals surface area contributed by atoms with Crippen LogP contribution in [0.4, 0.5) is 24.5 Å². The summed E-state index contributed by atoms with van der Waals surface area (Å²) in [5, 5.41) is 9.57. The molecule has 2 atom stereocenters. The monoisotopic (exact) mass is 347 g/mol. The lowest BCUT2D eigenvalue weighted by Crippen LogP contribution is -2.38. The maximum Gasteiger partial charge on any atom is 0.418 e. The zero-order chi connectivity index (χ0) is 17.4. The van der Waals surface area contributed by atoms with Crippen molar-refractivity contribution >= 4 is 11.4 Å². The predicted molar refractivity (Wildman–Crippen MR) is 92.9 cm³/mol. The van der Waals surface area contributed by atoms with E-state index in [2.05, 4.69) is 16.0 Å². The Kier molecular flexibility index (Phi) is 4.07. The number of piperidine rings is 1. The number of fused-ring (bicyclic) bond motifs is 3. The first kappa shape index (κ1) is 16.3. The van der Waals surface area contributed by atoms with Crippen molar-refractivity contribution in [3.8, 4) is 0 Å². The summed E-state index contributed by atoms with van der Waals surface area (Å²) in [5.74, 6) is 0.0864. The quantitative estimate of drug-likeness (QED) is 0.779. The number of hydrogen-bond acceptors (Lipinski definition) is 3. The second kappa shape index (κ2) is 6.26. The van der Waals surface area contributed by atoms with Gasteiger partial charge < -0.3 is 16.0 Å². The molecule has 2 aromatic rings. The first-order valence-electron chi connectivity index (χ1n) is 8.52. The molecule has 0 spiro atoms. The normalized spacial score (nSPS) is 22.0. The largest absolute Gasteiger partial charge is 0.418 e. The van der Waals surface area contributed by atoms with Gasteiger partial charge in [0.05, 0.1) is 11.3 Å². The zero-order valence-electron chi connectivity index (χ0n) is 13.7. The fraction of sp³-hybridized carbons (Fsp3) is 0.368. The van der Waals surface area contributed by atoms with E-state index in [0.29, 0.717) is 18.8 Å². The first-order chi connectivity index (χ1) is 12.0. The molecular formula is C19H20F3N3. The van der Waals surface area contributed by atoms with E-state index >= 15 is 0 Å². The summed E-state index contributed by atoms with van der Waals surface area (Å²) < 4.78 is 40.7. The van der Waals surface area contributed by atoms with E-state index < -0.39 is 11.7 Å². The van der Waals surface area contributed by atoms with Crippen LogP contribution >= 0.6 is 0 Å². The molecule has 0 radical (unpaired) electrons. The van der Waals surface area contributed by atoms with Gasteiger partial charge in [-0.15, -0.1) is 0 Å². The molecule has 2 aliphatic heterocycles. The van der Waals surface area contributed by atoms with Gasteiger partial charge in [0.1, 0.15) is 0 Å². The van der Waals surface area contributed by atoms with Crippen LogP contribution in [0.15, 0.2) is 42.5 Å². The Hall–Kier alpha value is -2.21. The topological polar surface area (TPSA) is 36.1 Å². The standard InChI is InChI=1S/C19H20F3N3/c20-19(21,22)16-9-13(24-10-12-4-2-1-3-5-12)8-14-15-11-23-7-6-17(15)25-18(14)16/h1-5,8-9,15,17,23-25H,6-7,10-11H2/t15-,17-/m0/s1. The Labute approximate surface area is 144 Å². The number of alkyl halides is 3. The van der Waals surface area contributed by atoms with Crippen molar-refractivity contribution in [2.24, 2.45) is 0 Å². The van der Waals surface area contributed by atoms with Gasteiger partial charge in [-0.05, 0) is 36.2 Å². The first-order valence-corrected chi connectivity index (χ1v) is 8.52. The summed E-state index contributed by atoms with van der Waals surface area (Å²) in [6.45, 7) is 2.05. The maximum atomic E-state index is 13.6. The van der Waals surface area contributed by atoms with Gasteiger partial charge in [0.25, 0.3) is 0 Å². The van der Waals surface area contributed by atoms with Crippen LogP contribution in [0.3, 0.4) is 0 Å². The lowest BCUT2D eigenvalue weighted by atomic mass is 9.89. The summed E-state index contributed by atoms with van der Waals surface area (Å²) >= 11 is 0. The van der Waals surface area contributed by atoms with E-state index in [1.807, 2.05) is 36.4 Å². The molecule has 4 rings (SSSR count). The van der Waals surface area contributed by atoms with Crippen LogP contribution in [0, 0.1) is 0 Å². The Morgan fingerprint density at radius 2 is 1.92 bits per heavy atom. The third kappa shape index (κ3) is 3.18. The Balaban J connectivity index is 1.67. The van der Waals surface area contributed by atoms with E-state index in [-0.39, 0.29) is 17.6 Å². The van der Waals surface area contributed by atoms with Crippen molar-refractivity contribution in [1.82, 2.24) is 5.32 Å². The van der Waals surface area contributed by atoms with E-state index in [4.69, 9.17) is 0 Å². The third-order valence-electron chi connectivity index (χ3n) is 5.02. The van der Waals surface area contributed by atoms with E-state index in [1.54, 1.807) is 0 Å². The highest BCUT2D eigenvalue weighted by Crippen LogP contribution is 2.47. The molecule has 1 fully saturated rings. The molecule has 0 bridgehead atoms. The summed E-state index contributed by atoms with van der Waals surface area (Å²) in [5.41, 5.74) is 2.00. The Morgan fingerprint density at radius 1 is 1.12 bits per heavy atom. The highest BCUT2D eigenvalue weighted by molar-refractivity contribution is 5.71. The molecule has 2 heterocycles. The van der Waals surface area contributed by atoms with Crippen LogP contribution in [-0.4, -0.2) is 19.1 Å². The van der Waals surface area contributed by atoms with Gasteiger partial charge in [-0.25, -0.2) is 0 Å². The van der Waals surface area contributed by atoms with E-state index in [9.17, 15) is 13.2 Å². The summed E-state index contributed by atoms with van der Waals surface area (Å²) in [7, 11) is 0. The highest BCUT2D eigenvalue weighted by atomic mass is 19.4. The fourth-order valence-electron chi connectivity index (χ4n) is 3.79. The van der Waals surface area contributed by atoms with Gasteiger partial charge in [-0.1, -0.05) is 30.3 Å². The average molecular weight is 347 g/mol.